The number of carboxylic acids is 1. The molecule has 1 aromatic carbocycles. The third-order valence-electron chi connectivity index (χ3n) is 3.86. The van der Waals surface area contributed by atoms with Gasteiger partial charge in [-0.3, -0.25) is 9.59 Å². The first kappa shape index (κ1) is 18.2. The molecular weight excluding hydrogens is 334 g/mol. The molecule has 7 nitrogen and oxygen atoms in total. The Morgan fingerprint density at radius 2 is 1.79 bits per heavy atom. The van der Waals surface area contributed by atoms with Gasteiger partial charge < -0.3 is 14.7 Å². The lowest BCUT2D eigenvalue weighted by Gasteiger charge is -2.27. The first-order valence-corrected chi connectivity index (χ1v) is 8.63. The average Bonchev–Trinajstić information content (AvgIpc) is 2.59. The van der Waals surface area contributed by atoms with Crippen LogP contribution in [0, 0.1) is 5.92 Å². The number of aliphatic carboxylic acids is 1. The van der Waals surface area contributed by atoms with Crippen LogP contribution in [0.3, 0.4) is 0 Å². The maximum Gasteiger partial charge on any atom is 0.312 e. The molecule has 24 heavy (non-hydrogen) atoms. The molecule has 0 saturated carbocycles. The molecule has 130 valence electrons. The van der Waals surface area contributed by atoms with Gasteiger partial charge in [-0.2, -0.15) is 8.42 Å². The fourth-order valence-corrected chi connectivity index (χ4v) is 3.25. The van der Waals surface area contributed by atoms with Crippen LogP contribution in [0.25, 0.3) is 0 Å². The molecule has 1 saturated heterocycles. The second-order valence-corrected chi connectivity index (χ2v) is 6.45. The molecule has 8 heteroatoms. The minimum atomic E-state index is -2.69. The second kappa shape index (κ2) is 8.60. The van der Waals surface area contributed by atoms with Gasteiger partial charge in [0, 0.05) is 25.9 Å². The summed E-state index contributed by atoms with van der Waals surface area (Å²) in [5, 5.41) is 9.43. The molecule has 1 fully saturated rings. The average molecular weight is 353 g/mol. The van der Waals surface area contributed by atoms with E-state index in [0.29, 0.717) is 31.9 Å². The molecule has 0 spiro atoms. The van der Waals surface area contributed by atoms with Crippen LogP contribution in [-0.2, 0) is 31.0 Å². The summed E-state index contributed by atoms with van der Waals surface area (Å²) in [5.74, 6) is -3.05. The van der Waals surface area contributed by atoms with Gasteiger partial charge in [0.25, 0.3) is 0 Å². The van der Waals surface area contributed by atoms with Gasteiger partial charge in [0.15, 0.2) is 0 Å². The molecule has 1 aliphatic heterocycles. The summed E-state index contributed by atoms with van der Waals surface area (Å²) in [6, 6.07) is 8.71. The molecule has 1 aliphatic rings. The maximum absolute atomic E-state index is 12.3. The summed E-state index contributed by atoms with van der Waals surface area (Å²) in [4.78, 5) is 25.2. The Balaban J connectivity index is 2.18. The lowest BCUT2D eigenvalue weighted by atomic mass is 9.95. The fourth-order valence-electron chi connectivity index (χ4n) is 2.55. The minimum Gasteiger partial charge on any atom is -0.481 e. The molecule has 1 atom stereocenters. The number of hydrogen-bond donors (Lipinski definition) is 1. The highest BCUT2D eigenvalue weighted by atomic mass is 32.2. The zero-order chi connectivity index (χ0) is 17.5. The van der Waals surface area contributed by atoms with E-state index in [1.54, 1.807) is 30.3 Å². The van der Waals surface area contributed by atoms with Gasteiger partial charge in [-0.05, 0) is 5.56 Å². The van der Waals surface area contributed by atoms with Crippen molar-refractivity contribution in [2.75, 3.05) is 26.3 Å². The predicted octanol–water partition coefficient (Wildman–Crippen LogP) is 0.230. The van der Waals surface area contributed by atoms with Crippen LogP contribution in [0.5, 0.6) is 0 Å². The topological polar surface area (TPSA) is 101 Å². The van der Waals surface area contributed by atoms with Crippen LogP contribution < -0.4 is 0 Å². The number of carbonyl (C=O) groups is 2. The first-order chi connectivity index (χ1) is 11.5. The normalized spacial score (nSPS) is 15.6. The summed E-state index contributed by atoms with van der Waals surface area (Å²) in [6.45, 7) is 1.58. The van der Waals surface area contributed by atoms with Crippen molar-refractivity contribution in [3.63, 3.8) is 0 Å². The van der Waals surface area contributed by atoms with Gasteiger partial charge >= 0.3 is 5.97 Å². The number of amides is 1. The lowest BCUT2D eigenvalue weighted by Crippen LogP contribution is -2.43. The highest BCUT2D eigenvalue weighted by Crippen LogP contribution is 2.14. The number of nitrogens with zero attached hydrogens (tertiary/aromatic N) is 1. The standard InChI is InChI=1S/C16H19NO6S/c18-15(17-6-8-23-9-7-17)11-13(16(19)20)14(24(21)22)10-12-4-2-1-3-5-12/h1-5,13H,6-11H2,(H,19,20). The summed E-state index contributed by atoms with van der Waals surface area (Å²) >= 11 is 0. The third kappa shape index (κ3) is 4.90. The fraction of sp³-hybridized carbons (Fsp3) is 0.438. The van der Waals surface area contributed by atoms with Gasteiger partial charge in [-0.15, -0.1) is 0 Å². The van der Waals surface area contributed by atoms with Crippen molar-refractivity contribution in [1.29, 1.82) is 0 Å². The van der Waals surface area contributed by atoms with Crippen molar-refractivity contribution in [3.05, 3.63) is 35.9 Å². The van der Waals surface area contributed by atoms with Crippen molar-refractivity contribution in [2.24, 2.45) is 5.92 Å². The van der Waals surface area contributed by atoms with E-state index in [-0.39, 0.29) is 23.6 Å². The number of carboxylic acid groups (broad SMARTS) is 1. The Morgan fingerprint density at radius 3 is 2.33 bits per heavy atom. The summed E-state index contributed by atoms with van der Waals surface area (Å²) in [6.07, 6.45) is -0.393. The molecule has 1 amide bonds. The van der Waals surface area contributed by atoms with Gasteiger partial charge in [0.1, 0.15) is 5.92 Å². The molecule has 1 heterocycles. The van der Waals surface area contributed by atoms with Gasteiger partial charge in [0.05, 0.1) is 18.1 Å². The van der Waals surface area contributed by atoms with E-state index >= 15 is 0 Å². The highest BCUT2D eigenvalue weighted by Gasteiger charge is 2.30. The number of rotatable bonds is 6. The van der Waals surface area contributed by atoms with Crippen molar-refractivity contribution in [3.8, 4) is 0 Å². The molecule has 0 aliphatic carbocycles. The Morgan fingerprint density at radius 1 is 1.17 bits per heavy atom. The van der Waals surface area contributed by atoms with Gasteiger partial charge in [-0.1, -0.05) is 30.3 Å². The zero-order valence-electron chi connectivity index (χ0n) is 13.1. The van der Waals surface area contributed by atoms with Crippen molar-refractivity contribution < 1.29 is 27.9 Å². The Labute approximate surface area is 141 Å². The zero-order valence-corrected chi connectivity index (χ0v) is 13.9. The number of morpholine rings is 1. The number of hydrogen-bond acceptors (Lipinski definition) is 5. The van der Waals surface area contributed by atoms with Crippen LogP contribution in [0.1, 0.15) is 12.0 Å². The van der Waals surface area contributed by atoms with E-state index in [0.717, 1.165) is 0 Å². The van der Waals surface area contributed by atoms with Crippen molar-refractivity contribution in [2.45, 2.75) is 12.8 Å². The second-order valence-electron chi connectivity index (χ2n) is 5.45. The van der Waals surface area contributed by atoms with Crippen LogP contribution in [0.15, 0.2) is 30.3 Å². The van der Waals surface area contributed by atoms with E-state index < -0.39 is 22.2 Å². The van der Waals surface area contributed by atoms with E-state index in [4.69, 9.17) is 4.74 Å². The summed E-state index contributed by atoms with van der Waals surface area (Å²) in [5.41, 5.74) is 0.682. The SMILES string of the molecule is O=C(O)C(CC(=O)N1CCOCC1)C(Cc1ccccc1)=S(=O)=O. The number of benzene rings is 1. The molecule has 0 aromatic heterocycles. The number of ether oxygens (including phenoxy) is 1. The quantitative estimate of drug-likeness (QED) is 0.735. The van der Waals surface area contributed by atoms with E-state index in [9.17, 15) is 23.1 Å². The molecule has 1 N–H and O–H groups in total. The van der Waals surface area contributed by atoms with Crippen LogP contribution >= 0.6 is 0 Å². The third-order valence-corrected chi connectivity index (χ3v) is 4.72. The molecule has 1 aromatic rings. The monoisotopic (exact) mass is 353 g/mol. The summed E-state index contributed by atoms with van der Waals surface area (Å²) < 4.78 is 28.3. The van der Waals surface area contributed by atoms with E-state index in [1.807, 2.05) is 0 Å². The van der Waals surface area contributed by atoms with Gasteiger partial charge in [-0.25, -0.2) is 0 Å². The van der Waals surface area contributed by atoms with Crippen molar-refractivity contribution >= 4 is 27.0 Å². The van der Waals surface area contributed by atoms with Crippen LogP contribution in [0.4, 0.5) is 0 Å². The number of carbonyl (C=O) groups excluding carboxylic acids is 1. The lowest BCUT2D eigenvalue weighted by molar-refractivity contribution is -0.144. The van der Waals surface area contributed by atoms with E-state index in [1.165, 1.54) is 4.90 Å². The first-order valence-electron chi connectivity index (χ1n) is 7.56. The smallest absolute Gasteiger partial charge is 0.312 e. The highest BCUT2D eigenvalue weighted by molar-refractivity contribution is 7.73. The maximum atomic E-state index is 12.3. The van der Waals surface area contributed by atoms with E-state index in [2.05, 4.69) is 0 Å². The largest absolute Gasteiger partial charge is 0.481 e. The van der Waals surface area contributed by atoms with Crippen LogP contribution in [-0.4, -0.2) is 61.5 Å². The minimum absolute atomic E-state index is 0.0235. The van der Waals surface area contributed by atoms with Crippen LogP contribution in [0.2, 0.25) is 0 Å². The molecular formula is C16H19NO6S. The van der Waals surface area contributed by atoms with Gasteiger partial charge in [0.2, 0.25) is 16.2 Å². The Kier molecular flexibility index (Phi) is 6.51. The molecule has 1 unspecified atom stereocenters. The molecule has 2 rings (SSSR count). The Bertz CT molecular complexity index is 714. The predicted molar refractivity (Wildman–Crippen MR) is 87.2 cm³/mol. The molecule has 0 bridgehead atoms. The molecule has 0 radical (unpaired) electrons. The summed E-state index contributed by atoms with van der Waals surface area (Å²) in [7, 11) is -2.69. The van der Waals surface area contributed by atoms with Crippen molar-refractivity contribution in [1.82, 2.24) is 4.90 Å². The Hall–Kier alpha value is -2.19.